The Kier molecular flexibility index (Phi) is 5.23. The van der Waals surface area contributed by atoms with Gasteiger partial charge in [-0.05, 0) is 32.4 Å². The molecule has 1 aromatic carbocycles. The van der Waals surface area contributed by atoms with E-state index in [1.54, 1.807) is 0 Å². The molecule has 5 nitrogen and oxygen atoms in total. The molecular formula is C19H29N3O2. The number of nitrogens with zero attached hydrogens (tertiary/aromatic N) is 2. The molecule has 0 spiro atoms. The van der Waals surface area contributed by atoms with E-state index in [2.05, 4.69) is 22.2 Å². The fraction of sp³-hybridized carbons (Fsp3) is 0.632. The summed E-state index contributed by atoms with van der Waals surface area (Å²) in [4.78, 5) is 17.0. The molecule has 0 unspecified atom stereocenters. The molecule has 0 bridgehead atoms. The summed E-state index contributed by atoms with van der Waals surface area (Å²) in [6.07, 6.45) is 1.43. The van der Waals surface area contributed by atoms with Crippen LogP contribution in [-0.4, -0.2) is 66.6 Å². The molecule has 3 rings (SSSR count). The number of benzene rings is 1. The second-order valence-electron chi connectivity index (χ2n) is 7.41. The van der Waals surface area contributed by atoms with Crippen LogP contribution < -0.4 is 5.32 Å². The quantitative estimate of drug-likeness (QED) is 0.824. The van der Waals surface area contributed by atoms with Crippen LogP contribution in [0.15, 0.2) is 30.3 Å². The third-order valence-corrected chi connectivity index (χ3v) is 5.67. The van der Waals surface area contributed by atoms with Gasteiger partial charge in [0.1, 0.15) is 0 Å². The average Bonchev–Trinajstić information content (AvgIpc) is 3.41. The topological polar surface area (TPSA) is 55.8 Å². The number of hydrogen-bond donors (Lipinski definition) is 2. The third kappa shape index (κ3) is 3.79. The number of hydrogen-bond acceptors (Lipinski definition) is 4. The first-order chi connectivity index (χ1) is 11.5. The average molecular weight is 331 g/mol. The molecule has 1 saturated carbocycles. The Morgan fingerprint density at radius 3 is 2.42 bits per heavy atom. The van der Waals surface area contributed by atoms with Crippen LogP contribution in [0.1, 0.15) is 31.4 Å². The second kappa shape index (κ2) is 7.21. The highest BCUT2D eigenvalue weighted by Gasteiger charge is 2.49. The number of aliphatic hydroxyl groups excluding tert-OH is 1. The molecule has 2 fully saturated rings. The smallest absolute Gasteiger partial charge is 0.237 e. The van der Waals surface area contributed by atoms with E-state index < -0.39 is 6.10 Å². The number of amides is 1. The van der Waals surface area contributed by atoms with Gasteiger partial charge in [0.05, 0.1) is 12.1 Å². The van der Waals surface area contributed by atoms with Gasteiger partial charge >= 0.3 is 0 Å². The summed E-state index contributed by atoms with van der Waals surface area (Å²) in [6, 6.07) is 9.66. The maximum atomic E-state index is 12.5. The van der Waals surface area contributed by atoms with Gasteiger partial charge in [-0.25, -0.2) is 0 Å². The molecule has 1 aromatic rings. The Bertz CT molecular complexity index is 551. The Balaban J connectivity index is 1.52. The minimum Gasteiger partial charge on any atom is -0.388 e. The fourth-order valence-corrected chi connectivity index (χ4v) is 3.48. The number of carbonyl (C=O) groups excluding carboxylic acids is 1. The Morgan fingerprint density at radius 2 is 1.83 bits per heavy atom. The zero-order chi connectivity index (χ0) is 17.2. The van der Waals surface area contributed by atoms with E-state index in [1.165, 1.54) is 0 Å². The van der Waals surface area contributed by atoms with Gasteiger partial charge in [0.25, 0.3) is 0 Å². The summed E-state index contributed by atoms with van der Waals surface area (Å²) in [5.74, 6) is 0.0751. The molecule has 2 aliphatic rings. The molecule has 132 valence electrons. The van der Waals surface area contributed by atoms with E-state index in [-0.39, 0.29) is 17.4 Å². The van der Waals surface area contributed by atoms with Crippen LogP contribution in [0, 0.1) is 5.41 Å². The van der Waals surface area contributed by atoms with E-state index in [4.69, 9.17) is 0 Å². The van der Waals surface area contributed by atoms with Crippen LogP contribution in [0.2, 0.25) is 0 Å². The van der Waals surface area contributed by atoms with Crippen molar-refractivity contribution in [2.45, 2.75) is 31.9 Å². The summed E-state index contributed by atoms with van der Waals surface area (Å²) in [6.45, 7) is 6.42. The lowest BCUT2D eigenvalue weighted by atomic mass is 9.92. The number of aliphatic hydroxyl groups is 1. The number of rotatable bonds is 6. The van der Waals surface area contributed by atoms with Crippen LogP contribution in [-0.2, 0) is 4.79 Å². The number of nitrogens with one attached hydrogen (secondary N) is 1. The first kappa shape index (κ1) is 17.4. The second-order valence-corrected chi connectivity index (χ2v) is 7.41. The Morgan fingerprint density at radius 1 is 1.21 bits per heavy atom. The van der Waals surface area contributed by atoms with Gasteiger partial charge in [0.2, 0.25) is 5.91 Å². The number of carbonyl (C=O) groups is 1. The zero-order valence-corrected chi connectivity index (χ0v) is 14.7. The summed E-state index contributed by atoms with van der Waals surface area (Å²) in [5, 5.41) is 13.8. The van der Waals surface area contributed by atoms with E-state index in [0.29, 0.717) is 6.54 Å². The summed E-state index contributed by atoms with van der Waals surface area (Å²) in [7, 11) is 2.11. The van der Waals surface area contributed by atoms with Crippen molar-refractivity contribution in [3.8, 4) is 0 Å². The van der Waals surface area contributed by atoms with Crippen molar-refractivity contribution in [1.29, 1.82) is 0 Å². The van der Waals surface area contributed by atoms with E-state index in [0.717, 1.165) is 44.6 Å². The number of likely N-dealkylation sites (N-methyl/N-ethyl adjacent to an activating group) is 1. The van der Waals surface area contributed by atoms with Crippen LogP contribution in [0.25, 0.3) is 0 Å². The van der Waals surface area contributed by atoms with Crippen LogP contribution in [0.3, 0.4) is 0 Å². The number of piperazine rings is 1. The van der Waals surface area contributed by atoms with Gasteiger partial charge in [0.15, 0.2) is 0 Å². The Hall–Kier alpha value is -1.43. The van der Waals surface area contributed by atoms with Crippen molar-refractivity contribution < 1.29 is 9.90 Å². The maximum Gasteiger partial charge on any atom is 0.237 e. The zero-order valence-electron chi connectivity index (χ0n) is 14.7. The molecule has 24 heavy (non-hydrogen) atoms. The lowest BCUT2D eigenvalue weighted by molar-refractivity contribution is -0.127. The molecule has 1 amide bonds. The van der Waals surface area contributed by atoms with Crippen molar-refractivity contribution in [1.82, 2.24) is 15.1 Å². The van der Waals surface area contributed by atoms with Gasteiger partial charge in [-0.3, -0.25) is 9.69 Å². The summed E-state index contributed by atoms with van der Waals surface area (Å²) < 4.78 is 0. The first-order valence-electron chi connectivity index (χ1n) is 8.95. The minimum atomic E-state index is -0.502. The van der Waals surface area contributed by atoms with Gasteiger partial charge in [0, 0.05) is 38.1 Å². The molecule has 1 aliphatic heterocycles. The van der Waals surface area contributed by atoms with E-state index >= 15 is 0 Å². The van der Waals surface area contributed by atoms with Crippen LogP contribution >= 0.6 is 0 Å². The molecule has 1 heterocycles. The normalized spacial score (nSPS) is 23.5. The van der Waals surface area contributed by atoms with Gasteiger partial charge in [-0.2, -0.15) is 0 Å². The molecule has 0 aromatic heterocycles. The van der Waals surface area contributed by atoms with Crippen LogP contribution in [0.4, 0.5) is 0 Å². The predicted molar refractivity (Wildman–Crippen MR) is 94.6 cm³/mol. The van der Waals surface area contributed by atoms with Crippen molar-refractivity contribution >= 4 is 5.91 Å². The standard InChI is InChI=1S/C19H29N3O2/c1-15(22-12-10-21(2)11-13-22)18(24)20-14-19(8-9-19)17(23)16-6-4-3-5-7-16/h3-7,15,17,23H,8-14H2,1-2H3,(H,20,24)/t15-,17+/m0/s1. The van der Waals surface area contributed by atoms with Gasteiger partial charge in [-0.1, -0.05) is 30.3 Å². The highest BCUT2D eigenvalue weighted by Crippen LogP contribution is 2.54. The lowest BCUT2D eigenvalue weighted by Crippen LogP contribution is -2.53. The molecule has 2 atom stereocenters. The van der Waals surface area contributed by atoms with Crippen molar-refractivity contribution in [2.24, 2.45) is 5.41 Å². The van der Waals surface area contributed by atoms with Crippen LogP contribution in [0.5, 0.6) is 0 Å². The highest BCUT2D eigenvalue weighted by atomic mass is 16.3. The highest BCUT2D eigenvalue weighted by molar-refractivity contribution is 5.81. The monoisotopic (exact) mass is 331 g/mol. The Labute approximate surface area is 144 Å². The van der Waals surface area contributed by atoms with Crippen molar-refractivity contribution in [3.05, 3.63) is 35.9 Å². The SMILES string of the molecule is C[C@@H](C(=O)NCC1([C@H](O)c2ccccc2)CC1)N1CCN(C)CC1. The van der Waals surface area contributed by atoms with E-state index in [9.17, 15) is 9.90 Å². The molecule has 1 saturated heterocycles. The minimum absolute atomic E-state index is 0.0751. The molecule has 1 aliphatic carbocycles. The van der Waals surface area contributed by atoms with Gasteiger partial charge < -0.3 is 15.3 Å². The van der Waals surface area contributed by atoms with Crippen molar-refractivity contribution in [2.75, 3.05) is 39.8 Å². The third-order valence-electron chi connectivity index (χ3n) is 5.67. The largest absolute Gasteiger partial charge is 0.388 e. The summed E-state index contributed by atoms with van der Waals surface area (Å²) in [5.41, 5.74) is 0.759. The maximum absolute atomic E-state index is 12.5. The predicted octanol–water partition coefficient (Wildman–Crippen LogP) is 1.25. The van der Waals surface area contributed by atoms with Gasteiger partial charge in [-0.15, -0.1) is 0 Å². The molecule has 5 heteroatoms. The first-order valence-corrected chi connectivity index (χ1v) is 8.95. The molecular weight excluding hydrogens is 302 g/mol. The fourth-order valence-electron chi connectivity index (χ4n) is 3.48. The molecule has 0 radical (unpaired) electrons. The van der Waals surface area contributed by atoms with E-state index in [1.807, 2.05) is 37.3 Å². The molecule has 2 N–H and O–H groups in total. The van der Waals surface area contributed by atoms with Crippen molar-refractivity contribution in [3.63, 3.8) is 0 Å². The lowest BCUT2D eigenvalue weighted by Gasteiger charge is -2.36. The summed E-state index contributed by atoms with van der Waals surface area (Å²) >= 11 is 0.